The highest BCUT2D eigenvalue weighted by molar-refractivity contribution is 8.18. The predicted octanol–water partition coefficient (Wildman–Crippen LogP) is 7.27. The second-order valence-corrected chi connectivity index (χ2v) is 9.38. The van der Waals surface area contributed by atoms with E-state index in [0.29, 0.717) is 21.7 Å². The fraction of sp³-hybridized carbons (Fsp3) is 0.0714. The van der Waals surface area contributed by atoms with Gasteiger partial charge >= 0.3 is 0 Å². The van der Waals surface area contributed by atoms with Crippen LogP contribution in [-0.4, -0.2) is 11.1 Å². The van der Waals surface area contributed by atoms with Gasteiger partial charge in [0.05, 0.1) is 10.6 Å². The third-order valence-corrected chi connectivity index (χ3v) is 6.63. The average molecular weight is 485 g/mol. The van der Waals surface area contributed by atoms with Crippen LogP contribution >= 0.6 is 23.4 Å². The normalized spacial score (nSPS) is 15.8. The maximum absolute atomic E-state index is 12.4. The Balaban J connectivity index is 1.26. The first kappa shape index (κ1) is 22.3. The van der Waals surface area contributed by atoms with Crippen LogP contribution in [0.25, 0.3) is 16.8 Å². The van der Waals surface area contributed by atoms with Gasteiger partial charge in [-0.15, -0.1) is 0 Å². The molecule has 0 bridgehead atoms. The van der Waals surface area contributed by atoms with Crippen molar-refractivity contribution in [1.29, 1.82) is 0 Å². The smallest absolute Gasteiger partial charge is 0.264 e. The lowest BCUT2D eigenvalue weighted by molar-refractivity contribution is -0.115. The van der Waals surface area contributed by atoms with E-state index in [-0.39, 0.29) is 5.91 Å². The van der Waals surface area contributed by atoms with Crippen molar-refractivity contribution in [2.24, 2.45) is 4.99 Å². The van der Waals surface area contributed by atoms with E-state index < -0.39 is 0 Å². The number of ether oxygens (including phenoxy) is 1. The monoisotopic (exact) mass is 484 g/mol. The lowest BCUT2D eigenvalue weighted by Gasteiger charge is -2.09. The molecule has 1 amide bonds. The zero-order valence-electron chi connectivity index (χ0n) is 18.4. The van der Waals surface area contributed by atoms with Gasteiger partial charge in [-0.05, 0) is 82.6 Å². The molecule has 4 aromatic rings. The Hall–Kier alpha value is -3.54. The highest BCUT2D eigenvalue weighted by atomic mass is 35.5. The zero-order chi connectivity index (χ0) is 23.5. The maximum atomic E-state index is 12.4. The number of rotatable bonds is 5. The van der Waals surface area contributed by atoms with Gasteiger partial charge in [-0.2, -0.15) is 0 Å². The molecule has 1 N–H and O–H groups in total. The van der Waals surface area contributed by atoms with Crippen molar-refractivity contribution < 1.29 is 9.53 Å². The fourth-order valence-corrected chi connectivity index (χ4v) is 4.79. The quantitative estimate of drug-likeness (QED) is 0.303. The van der Waals surface area contributed by atoms with Gasteiger partial charge in [-0.3, -0.25) is 4.79 Å². The number of aryl methyl sites for hydroxylation is 1. The van der Waals surface area contributed by atoms with E-state index >= 15 is 0 Å². The van der Waals surface area contributed by atoms with Gasteiger partial charge in [0.1, 0.15) is 12.4 Å². The summed E-state index contributed by atoms with van der Waals surface area (Å²) in [6, 6.07) is 27.7. The van der Waals surface area contributed by atoms with Crippen LogP contribution in [0.5, 0.6) is 5.75 Å². The lowest BCUT2D eigenvalue weighted by atomic mass is 10.1. The minimum atomic E-state index is -0.161. The summed E-state index contributed by atoms with van der Waals surface area (Å²) >= 11 is 7.33. The second-order valence-electron chi connectivity index (χ2n) is 7.91. The number of benzene rings is 4. The summed E-state index contributed by atoms with van der Waals surface area (Å²) in [5.74, 6) is 0.616. The summed E-state index contributed by atoms with van der Waals surface area (Å²) < 4.78 is 6.02. The molecule has 0 unspecified atom stereocenters. The van der Waals surface area contributed by atoms with Crippen LogP contribution in [0.2, 0.25) is 5.02 Å². The van der Waals surface area contributed by atoms with Gasteiger partial charge in [0.25, 0.3) is 5.91 Å². The molecule has 168 valence electrons. The first-order valence-corrected chi connectivity index (χ1v) is 12.0. The number of carbonyl (C=O) groups is 1. The van der Waals surface area contributed by atoms with E-state index in [2.05, 4.69) is 34.6 Å². The number of nitrogens with one attached hydrogen (secondary N) is 1. The van der Waals surface area contributed by atoms with Crippen molar-refractivity contribution in [3.05, 3.63) is 112 Å². The van der Waals surface area contributed by atoms with Gasteiger partial charge < -0.3 is 10.1 Å². The molecule has 4 aromatic carbocycles. The molecule has 0 atom stereocenters. The minimum Gasteiger partial charge on any atom is -0.489 e. The molecule has 34 heavy (non-hydrogen) atoms. The number of nitrogens with zero attached hydrogens (tertiary/aromatic N) is 1. The molecule has 0 radical (unpaired) electrons. The summed E-state index contributed by atoms with van der Waals surface area (Å²) in [7, 11) is 0. The van der Waals surface area contributed by atoms with Gasteiger partial charge in [-0.1, -0.05) is 66.2 Å². The number of amidine groups is 1. The third-order valence-electron chi connectivity index (χ3n) is 5.48. The minimum absolute atomic E-state index is 0.161. The number of hydrogen-bond donors (Lipinski definition) is 1. The first-order chi connectivity index (χ1) is 16.5. The number of fused-ring (bicyclic) bond motifs is 1. The van der Waals surface area contributed by atoms with Crippen molar-refractivity contribution in [2.75, 3.05) is 0 Å². The van der Waals surface area contributed by atoms with E-state index in [4.69, 9.17) is 16.3 Å². The molecule has 0 aromatic heterocycles. The molecular formula is C28H21ClN2O2S. The van der Waals surface area contributed by atoms with Gasteiger partial charge in [0.15, 0.2) is 5.17 Å². The topological polar surface area (TPSA) is 50.7 Å². The van der Waals surface area contributed by atoms with Gasteiger partial charge in [0.2, 0.25) is 0 Å². The Morgan fingerprint density at radius 1 is 1.00 bits per heavy atom. The van der Waals surface area contributed by atoms with E-state index in [9.17, 15) is 4.79 Å². The Morgan fingerprint density at radius 2 is 1.79 bits per heavy atom. The number of aliphatic imine (C=N–C) groups is 1. The molecule has 0 saturated carbocycles. The first-order valence-electron chi connectivity index (χ1n) is 10.8. The van der Waals surface area contributed by atoms with Gasteiger partial charge in [-0.25, -0.2) is 4.99 Å². The van der Waals surface area contributed by atoms with Crippen molar-refractivity contribution >= 4 is 57.0 Å². The van der Waals surface area contributed by atoms with Crippen molar-refractivity contribution in [3.8, 4) is 5.75 Å². The maximum Gasteiger partial charge on any atom is 0.264 e. The Labute approximate surface area is 207 Å². The van der Waals surface area contributed by atoms with Crippen molar-refractivity contribution in [2.45, 2.75) is 13.5 Å². The summed E-state index contributed by atoms with van der Waals surface area (Å²) in [4.78, 5) is 17.6. The number of hydrogen-bond acceptors (Lipinski definition) is 4. The van der Waals surface area contributed by atoms with E-state index in [0.717, 1.165) is 28.1 Å². The third kappa shape index (κ3) is 5.01. The Morgan fingerprint density at radius 3 is 2.62 bits per heavy atom. The number of halogens is 1. The van der Waals surface area contributed by atoms with E-state index in [1.54, 1.807) is 6.07 Å². The standard InChI is InChI=1S/C28H21ClN2O2S/c1-18-15-22(29)11-14-25(18)30-28-31-27(32)26(34-28)16-19-9-12-23(13-10-19)33-17-21-7-4-6-20-5-2-3-8-24(20)21/h2-16H,17H2,1H3,(H,30,31,32)/b26-16-. The molecule has 0 spiro atoms. The van der Waals surface area contributed by atoms with Crippen molar-refractivity contribution in [1.82, 2.24) is 5.32 Å². The Kier molecular flexibility index (Phi) is 6.39. The molecular weight excluding hydrogens is 464 g/mol. The molecule has 4 nitrogen and oxygen atoms in total. The SMILES string of the molecule is Cc1cc(Cl)ccc1N=C1NC(=O)/C(=C/c2ccc(OCc3cccc4ccccc34)cc2)S1. The van der Waals surface area contributed by atoms with Crippen LogP contribution in [-0.2, 0) is 11.4 Å². The molecule has 1 saturated heterocycles. The highest BCUT2D eigenvalue weighted by Gasteiger charge is 2.24. The average Bonchev–Trinajstić information content (AvgIpc) is 3.19. The second kappa shape index (κ2) is 9.75. The van der Waals surface area contributed by atoms with Crippen LogP contribution in [0.4, 0.5) is 5.69 Å². The summed E-state index contributed by atoms with van der Waals surface area (Å²) in [6.07, 6.45) is 1.85. The molecule has 5 rings (SSSR count). The van der Waals surface area contributed by atoms with E-state index in [1.807, 2.05) is 67.6 Å². The number of carbonyl (C=O) groups excluding carboxylic acids is 1. The van der Waals surface area contributed by atoms with E-state index in [1.165, 1.54) is 22.5 Å². The fourth-order valence-electron chi connectivity index (χ4n) is 3.73. The summed E-state index contributed by atoms with van der Waals surface area (Å²) in [6.45, 7) is 2.43. The van der Waals surface area contributed by atoms with Gasteiger partial charge in [0, 0.05) is 5.02 Å². The summed E-state index contributed by atoms with van der Waals surface area (Å²) in [5.41, 5.74) is 3.79. The molecule has 6 heteroatoms. The largest absolute Gasteiger partial charge is 0.489 e. The summed E-state index contributed by atoms with van der Waals surface area (Å²) in [5, 5.41) is 6.44. The highest BCUT2D eigenvalue weighted by Crippen LogP contribution is 2.30. The van der Waals surface area contributed by atoms with Crippen LogP contribution in [0.15, 0.2) is 94.8 Å². The molecule has 1 heterocycles. The number of amides is 1. The number of thioether (sulfide) groups is 1. The van der Waals surface area contributed by atoms with Crippen molar-refractivity contribution in [3.63, 3.8) is 0 Å². The molecule has 1 aliphatic heterocycles. The van der Waals surface area contributed by atoms with Crippen LogP contribution < -0.4 is 10.1 Å². The lowest BCUT2D eigenvalue weighted by Crippen LogP contribution is -2.19. The van der Waals surface area contributed by atoms with Crippen LogP contribution in [0, 0.1) is 6.92 Å². The van der Waals surface area contributed by atoms with Crippen LogP contribution in [0.3, 0.4) is 0 Å². The predicted molar refractivity (Wildman–Crippen MR) is 142 cm³/mol. The van der Waals surface area contributed by atoms with Crippen LogP contribution in [0.1, 0.15) is 16.7 Å². The Bertz CT molecular complexity index is 1440. The molecule has 1 aliphatic rings. The zero-order valence-corrected chi connectivity index (χ0v) is 20.0. The molecule has 0 aliphatic carbocycles. The molecule has 1 fully saturated rings.